The van der Waals surface area contributed by atoms with Gasteiger partial charge < -0.3 is 20.1 Å². The number of nitro groups is 1. The van der Waals surface area contributed by atoms with Gasteiger partial charge in [-0.3, -0.25) is 10.1 Å². The van der Waals surface area contributed by atoms with E-state index >= 15 is 0 Å². The van der Waals surface area contributed by atoms with E-state index in [-0.39, 0.29) is 24.7 Å². The first-order chi connectivity index (χ1) is 10.1. The molecule has 0 aliphatic rings. The van der Waals surface area contributed by atoms with Gasteiger partial charge in [0.05, 0.1) is 18.1 Å². The predicted molar refractivity (Wildman–Crippen MR) is 80.8 cm³/mol. The van der Waals surface area contributed by atoms with E-state index in [1.807, 2.05) is 6.92 Å². The van der Waals surface area contributed by atoms with Crippen molar-refractivity contribution in [3.05, 3.63) is 22.2 Å². The lowest BCUT2D eigenvalue weighted by Gasteiger charge is -2.22. The first-order valence-corrected chi connectivity index (χ1v) is 6.88. The molecule has 8 heteroatoms. The van der Waals surface area contributed by atoms with Gasteiger partial charge in [0.15, 0.2) is 0 Å². The number of aliphatic hydroxyl groups excluding tert-OH is 1. The van der Waals surface area contributed by atoms with E-state index in [1.165, 1.54) is 6.07 Å². The molecule has 0 aromatic carbocycles. The third-order valence-corrected chi connectivity index (χ3v) is 2.84. The molecule has 1 heterocycles. The molecular formula is C13H22N4O4. The summed E-state index contributed by atoms with van der Waals surface area (Å²) in [7, 11) is 1.55. The number of anilines is 2. The summed E-state index contributed by atoms with van der Waals surface area (Å²) in [5.74, 6) is 0.824. The van der Waals surface area contributed by atoms with Crippen LogP contribution in [0.15, 0.2) is 12.1 Å². The molecule has 0 aliphatic heterocycles. The molecule has 8 nitrogen and oxygen atoms in total. The average molecular weight is 298 g/mol. The molecule has 118 valence electrons. The third-order valence-electron chi connectivity index (χ3n) is 2.84. The Labute approximate surface area is 123 Å². The Bertz CT molecular complexity index is 456. The van der Waals surface area contributed by atoms with Crippen LogP contribution in [0.25, 0.3) is 0 Å². The van der Waals surface area contributed by atoms with Gasteiger partial charge in [0, 0.05) is 32.8 Å². The van der Waals surface area contributed by atoms with E-state index < -0.39 is 4.92 Å². The van der Waals surface area contributed by atoms with Crippen molar-refractivity contribution in [2.24, 2.45) is 0 Å². The molecule has 1 aromatic heterocycles. The summed E-state index contributed by atoms with van der Waals surface area (Å²) in [6, 6.07) is 3.02. The predicted octanol–water partition coefficient (Wildman–Crippen LogP) is 1.26. The van der Waals surface area contributed by atoms with Gasteiger partial charge in [-0.05, 0) is 12.5 Å². The Morgan fingerprint density at radius 1 is 1.48 bits per heavy atom. The van der Waals surface area contributed by atoms with Crippen molar-refractivity contribution in [2.45, 2.75) is 13.3 Å². The van der Waals surface area contributed by atoms with Gasteiger partial charge in [0.1, 0.15) is 5.82 Å². The van der Waals surface area contributed by atoms with E-state index in [0.717, 1.165) is 13.0 Å². The van der Waals surface area contributed by atoms with E-state index in [2.05, 4.69) is 10.3 Å². The monoisotopic (exact) mass is 298 g/mol. The van der Waals surface area contributed by atoms with Crippen LogP contribution in [0.2, 0.25) is 0 Å². The number of hydrogen-bond acceptors (Lipinski definition) is 7. The van der Waals surface area contributed by atoms with Gasteiger partial charge in [0.25, 0.3) is 0 Å². The van der Waals surface area contributed by atoms with Crippen molar-refractivity contribution in [1.29, 1.82) is 0 Å². The molecule has 1 aromatic rings. The number of rotatable bonds is 10. The molecule has 0 spiro atoms. The number of aliphatic hydroxyl groups is 1. The van der Waals surface area contributed by atoms with Crippen LogP contribution < -0.4 is 10.2 Å². The van der Waals surface area contributed by atoms with E-state index in [9.17, 15) is 10.1 Å². The highest BCUT2D eigenvalue weighted by Crippen LogP contribution is 2.27. The Morgan fingerprint density at radius 3 is 2.81 bits per heavy atom. The number of ether oxygens (including phenoxy) is 1. The van der Waals surface area contributed by atoms with Crippen LogP contribution in [0.4, 0.5) is 17.3 Å². The molecule has 0 saturated carbocycles. The van der Waals surface area contributed by atoms with Crippen molar-refractivity contribution in [2.75, 3.05) is 50.2 Å². The lowest BCUT2D eigenvalue weighted by atomic mass is 10.3. The second-order valence-electron chi connectivity index (χ2n) is 4.43. The zero-order valence-electron chi connectivity index (χ0n) is 12.4. The third kappa shape index (κ3) is 5.16. The second kappa shape index (κ2) is 9.09. The van der Waals surface area contributed by atoms with Crippen molar-refractivity contribution in [1.82, 2.24) is 4.98 Å². The fourth-order valence-corrected chi connectivity index (χ4v) is 1.81. The maximum atomic E-state index is 11.2. The standard InChI is InChI=1S/C13H22N4O4/c1-3-6-14-12-5-4-11(17(19)20)13(15-12)16(7-9-18)8-10-21-2/h4-5,18H,3,6-10H2,1-2H3,(H,14,15). The van der Waals surface area contributed by atoms with E-state index in [4.69, 9.17) is 9.84 Å². The fourth-order valence-electron chi connectivity index (χ4n) is 1.81. The molecular weight excluding hydrogens is 276 g/mol. The molecule has 21 heavy (non-hydrogen) atoms. The summed E-state index contributed by atoms with van der Waals surface area (Å²) in [5.41, 5.74) is -0.0819. The van der Waals surface area contributed by atoms with Gasteiger partial charge in [-0.2, -0.15) is 0 Å². The van der Waals surface area contributed by atoms with Gasteiger partial charge in [-0.25, -0.2) is 4.98 Å². The number of pyridine rings is 1. The first kappa shape index (κ1) is 17.1. The molecule has 0 bridgehead atoms. The number of nitrogens with one attached hydrogen (secondary N) is 1. The zero-order chi connectivity index (χ0) is 15.7. The van der Waals surface area contributed by atoms with Crippen LogP contribution in [0.5, 0.6) is 0 Å². The highest BCUT2D eigenvalue weighted by Gasteiger charge is 2.21. The molecule has 0 radical (unpaired) electrons. The lowest BCUT2D eigenvalue weighted by Crippen LogP contribution is -2.31. The normalized spacial score (nSPS) is 10.4. The van der Waals surface area contributed by atoms with Crippen LogP contribution in [-0.4, -0.2) is 55.0 Å². The van der Waals surface area contributed by atoms with Crippen LogP contribution in [0, 0.1) is 10.1 Å². The Kier molecular flexibility index (Phi) is 7.41. The molecule has 2 N–H and O–H groups in total. The van der Waals surface area contributed by atoms with Crippen LogP contribution in [0.3, 0.4) is 0 Å². The zero-order valence-corrected chi connectivity index (χ0v) is 12.4. The fraction of sp³-hybridized carbons (Fsp3) is 0.615. The smallest absolute Gasteiger partial charge is 0.311 e. The highest BCUT2D eigenvalue weighted by molar-refractivity contribution is 5.61. The Morgan fingerprint density at radius 2 is 2.24 bits per heavy atom. The summed E-state index contributed by atoms with van der Waals surface area (Å²) in [6.45, 7) is 3.72. The van der Waals surface area contributed by atoms with Gasteiger partial charge in [-0.15, -0.1) is 0 Å². The maximum absolute atomic E-state index is 11.2. The first-order valence-electron chi connectivity index (χ1n) is 6.88. The van der Waals surface area contributed by atoms with Crippen molar-refractivity contribution in [3.8, 4) is 0 Å². The number of aromatic nitrogens is 1. The topological polar surface area (TPSA) is 101 Å². The molecule has 0 unspecified atom stereocenters. The summed E-state index contributed by atoms with van der Waals surface area (Å²) < 4.78 is 5.00. The van der Waals surface area contributed by atoms with Gasteiger partial charge >= 0.3 is 5.69 Å². The van der Waals surface area contributed by atoms with Gasteiger partial charge in [0.2, 0.25) is 5.82 Å². The number of nitrogens with zero attached hydrogens (tertiary/aromatic N) is 3. The van der Waals surface area contributed by atoms with Crippen molar-refractivity contribution >= 4 is 17.3 Å². The van der Waals surface area contributed by atoms with E-state index in [0.29, 0.717) is 19.0 Å². The van der Waals surface area contributed by atoms with Crippen LogP contribution in [0.1, 0.15) is 13.3 Å². The summed E-state index contributed by atoms with van der Waals surface area (Å²) in [4.78, 5) is 16.6. The summed E-state index contributed by atoms with van der Waals surface area (Å²) in [6.07, 6.45) is 0.929. The Balaban J connectivity index is 3.08. The molecule has 0 fully saturated rings. The molecule has 0 amide bonds. The maximum Gasteiger partial charge on any atom is 0.311 e. The SMILES string of the molecule is CCCNc1ccc([N+](=O)[O-])c(N(CCO)CCOC)n1. The average Bonchev–Trinajstić information content (AvgIpc) is 2.49. The minimum absolute atomic E-state index is 0.0819. The minimum Gasteiger partial charge on any atom is -0.395 e. The van der Waals surface area contributed by atoms with Crippen LogP contribution >= 0.6 is 0 Å². The van der Waals surface area contributed by atoms with Crippen LogP contribution in [-0.2, 0) is 4.74 Å². The number of hydrogen-bond donors (Lipinski definition) is 2. The molecule has 0 saturated heterocycles. The lowest BCUT2D eigenvalue weighted by molar-refractivity contribution is -0.384. The van der Waals surface area contributed by atoms with Crippen molar-refractivity contribution in [3.63, 3.8) is 0 Å². The van der Waals surface area contributed by atoms with Gasteiger partial charge in [-0.1, -0.05) is 6.92 Å². The summed E-state index contributed by atoms with van der Waals surface area (Å²) >= 11 is 0. The highest BCUT2D eigenvalue weighted by atomic mass is 16.6. The number of methoxy groups -OCH3 is 1. The molecule has 0 aliphatic carbocycles. The summed E-state index contributed by atoms with van der Waals surface area (Å²) in [5, 5.41) is 23.4. The quantitative estimate of drug-likeness (QED) is 0.495. The van der Waals surface area contributed by atoms with E-state index in [1.54, 1.807) is 18.1 Å². The Hall–Kier alpha value is -1.93. The minimum atomic E-state index is -0.469. The molecule has 1 rings (SSSR count). The second-order valence-corrected chi connectivity index (χ2v) is 4.43. The largest absolute Gasteiger partial charge is 0.395 e. The van der Waals surface area contributed by atoms with Crippen molar-refractivity contribution < 1.29 is 14.8 Å². The molecule has 0 atom stereocenters.